The molecule has 6 heteroatoms. The number of halogens is 2. The summed E-state index contributed by atoms with van der Waals surface area (Å²) in [7, 11) is 0. The summed E-state index contributed by atoms with van der Waals surface area (Å²) in [6.07, 6.45) is -0.581. The second-order valence-electron chi connectivity index (χ2n) is 4.51. The molecule has 0 aromatic heterocycles. The highest BCUT2D eigenvalue weighted by Gasteiger charge is 2.06. The zero-order chi connectivity index (χ0) is 15.4. The average Bonchev–Trinajstić information content (AvgIpc) is 2.43. The fourth-order valence-electron chi connectivity index (χ4n) is 1.74. The molecule has 2 aromatic carbocycles. The number of carbonyl (C=O) groups is 1. The van der Waals surface area contributed by atoms with E-state index < -0.39 is 6.10 Å². The van der Waals surface area contributed by atoms with E-state index in [0.717, 1.165) is 5.56 Å². The van der Waals surface area contributed by atoms with E-state index in [1.807, 2.05) is 0 Å². The van der Waals surface area contributed by atoms with Gasteiger partial charge in [0.1, 0.15) is 0 Å². The number of hydrogen-bond acceptors (Lipinski definition) is 2. The lowest BCUT2D eigenvalue weighted by Crippen LogP contribution is -2.19. The number of benzene rings is 2. The van der Waals surface area contributed by atoms with Crippen LogP contribution in [0.15, 0.2) is 46.9 Å². The second kappa shape index (κ2) is 6.93. The summed E-state index contributed by atoms with van der Waals surface area (Å²) >= 11 is 9.19. The first kappa shape index (κ1) is 15.8. The van der Waals surface area contributed by atoms with Crippen molar-refractivity contribution in [2.75, 3.05) is 10.6 Å². The molecule has 3 N–H and O–H groups in total. The van der Waals surface area contributed by atoms with Crippen LogP contribution in [0, 0.1) is 0 Å². The molecular formula is C15H14BrClN2O2. The molecule has 21 heavy (non-hydrogen) atoms. The molecule has 2 aromatic rings. The van der Waals surface area contributed by atoms with Crippen molar-refractivity contribution >= 4 is 44.9 Å². The van der Waals surface area contributed by atoms with Gasteiger partial charge in [-0.15, -0.1) is 0 Å². The minimum atomic E-state index is -0.581. The Morgan fingerprint density at radius 3 is 2.48 bits per heavy atom. The van der Waals surface area contributed by atoms with E-state index in [1.54, 1.807) is 49.4 Å². The molecule has 0 saturated carbocycles. The molecule has 0 fully saturated rings. The van der Waals surface area contributed by atoms with Crippen LogP contribution in [0.2, 0.25) is 5.02 Å². The standard InChI is InChI=1S/C15H14BrClN2O2/c1-9(20)10-3-2-4-11(7-10)18-15(21)19-12-5-6-14(17)13(16)8-12/h2-9,20H,1H3,(H2,18,19,21). The van der Waals surface area contributed by atoms with Gasteiger partial charge in [0.15, 0.2) is 0 Å². The summed E-state index contributed by atoms with van der Waals surface area (Å²) in [5.41, 5.74) is 1.97. The molecule has 0 aliphatic carbocycles. The zero-order valence-corrected chi connectivity index (χ0v) is 13.6. The molecule has 0 aliphatic rings. The molecule has 0 heterocycles. The number of aliphatic hydroxyl groups excluding tert-OH is 1. The van der Waals surface area contributed by atoms with Crippen molar-refractivity contribution in [1.82, 2.24) is 0 Å². The molecule has 1 unspecified atom stereocenters. The van der Waals surface area contributed by atoms with Gasteiger partial charge in [-0.1, -0.05) is 23.7 Å². The number of anilines is 2. The highest BCUT2D eigenvalue weighted by atomic mass is 79.9. The van der Waals surface area contributed by atoms with Crippen molar-refractivity contribution in [3.63, 3.8) is 0 Å². The van der Waals surface area contributed by atoms with E-state index in [0.29, 0.717) is 20.9 Å². The van der Waals surface area contributed by atoms with E-state index in [-0.39, 0.29) is 6.03 Å². The van der Waals surface area contributed by atoms with Crippen molar-refractivity contribution in [2.24, 2.45) is 0 Å². The number of nitrogens with one attached hydrogen (secondary N) is 2. The van der Waals surface area contributed by atoms with E-state index in [1.165, 1.54) is 0 Å². The Morgan fingerprint density at radius 1 is 1.19 bits per heavy atom. The lowest BCUT2D eigenvalue weighted by Gasteiger charge is -2.10. The van der Waals surface area contributed by atoms with Crippen LogP contribution < -0.4 is 10.6 Å². The molecule has 1 atom stereocenters. The lowest BCUT2D eigenvalue weighted by atomic mass is 10.1. The molecule has 0 aliphatic heterocycles. The van der Waals surface area contributed by atoms with Gasteiger partial charge in [-0.25, -0.2) is 4.79 Å². The SMILES string of the molecule is CC(O)c1cccc(NC(=O)Nc2ccc(Cl)c(Br)c2)c1. The Balaban J connectivity index is 2.04. The van der Waals surface area contributed by atoms with Crippen LogP contribution in [0.1, 0.15) is 18.6 Å². The summed E-state index contributed by atoms with van der Waals surface area (Å²) in [5.74, 6) is 0. The van der Waals surface area contributed by atoms with Crippen molar-refractivity contribution in [3.05, 3.63) is 57.5 Å². The number of amides is 2. The molecule has 2 rings (SSSR count). The third kappa shape index (κ3) is 4.46. The minimum absolute atomic E-state index is 0.369. The smallest absolute Gasteiger partial charge is 0.323 e. The topological polar surface area (TPSA) is 61.4 Å². The minimum Gasteiger partial charge on any atom is -0.389 e. The van der Waals surface area contributed by atoms with Crippen LogP contribution in [-0.2, 0) is 0 Å². The summed E-state index contributed by atoms with van der Waals surface area (Å²) in [4.78, 5) is 11.9. The summed E-state index contributed by atoms with van der Waals surface area (Å²) < 4.78 is 0.707. The zero-order valence-electron chi connectivity index (χ0n) is 11.2. The highest BCUT2D eigenvalue weighted by molar-refractivity contribution is 9.10. The van der Waals surface area contributed by atoms with Gasteiger partial charge in [0, 0.05) is 15.8 Å². The van der Waals surface area contributed by atoms with Crippen LogP contribution in [-0.4, -0.2) is 11.1 Å². The highest BCUT2D eigenvalue weighted by Crippen LogP contribution is 2.25. The molecule has 0 radical (unpaired) electrons. The van der Waals surface area contributed by atoms with Crippen molar-refractivity contribution in [2.45, 2.75) is 13.0 Å². The van der Waals surface area contributed by atoms with E-state index in [4.69, 9.17) is 11.6 Å². The van der Waals surface area contributed by atoms with Crippen molar-refractivity contribution in [3.8, 4) is 0 Å². The van der Waals surface area contributed by atoms with Gasteiger partial charge in [0.2, 0.25) is 0 Å². The Morgan fingerprint density at radius 2 is 1.86 bits per heavy atom. The first-order valence-electron chi connectivity index (χ1n) is 6.27. The monoisotopic (exact) mass is 368 g/mol. The molecule has 4 nitrogen and oxygen atoms in total. The second-order valence-corrected chi connectivity index (χ2v) is 5.77. The van der Waals surface area contributed by atoms with Crippen molar-refractivity contribution < 1.29 is 9.90 Å². The maximum Gasteiger partial charge on any atom is 0.323 e. The quantitative estimate of drug-likeness (QED) is 0.728. The third-order valence-corrected chi connectivity index (χ3v) is 4.02. The fraction of sp³-hybridized carbons (Fsp3) is 0.133. The molecule has 0 saturated heterocycles. The molecular weight excluding hydrogens is 356 g/mol. The average molecular weight is 370 g/mol. The van der Waals surface area contributed by atoms with E-state index in [2.05, 4.69) is 26.6 Å². The van der Waals surface area contributed by atoms with Gasteiger partial charge in [-0.2, -0.15) is 0 Å². The Bertz CT molecular complexity index is 662. The maximum absolute atomic E-state index is 11.9. The number of carbonyl (C=O) groups excluding carboxylic acids is 1. The van der Waals surface area contributed by atoms with Crippen LogP contribution >= 0.6 is 27.5 Å². The van der Waals surface area contributed by atoms with E-state index >= 15 is 0 Å². The van der Waals surface area contributed by atoms with Gasteiger partial charge in [-0.05, 0) is 58.7 Å². The summed E-state index contributed by atoms with van der Waals surface area (Å²) in [6, 6.07) is 11.8. The maximum atomic E-state index is 11.9. The predicted molar refractivity (Wildman–Crippen MR) is 88.9 cm³/mol. The largest absolute Gasteiger partial charge is 0.389 e. The van der Waals surface area contributed by atoms with Gasteiger partial charge in [0.05, 0.1) is 11.1 Å². The first-order valence-corrected chi connectivity index (χ1v) is 7.44. The van der Waals surface area contributed by atoms with Crippen LogP contribution in [0.3, 0.4) is 0 Å². The normalized spacial score (nSPS) is 11.8. The van der Waals surface area contributed by atoms with Gasteiger partial charge >= 0.3 is 6.03 Å². The summed E-state index contributed by atoms with van der Waals surface area (Å²) in [5, 5.41) is 15.5. The Hall–Kier alpha value is -1.56. The molecule has 2 amide bonds. The Kier molecular flexibility index (Phi) is 5.22. The molecule has 110 valence electrons. The summed E-state index contributed by atoms with van der Waals surface area (Å²) in [6.45, 7) is 1.67. The number of aliphatic hydroxyl groups is 1. The Labute approximate surface area is 136 Å². The first-order chi connectivity index (χ1) is 9.95. The van der Waals surface area contributed by atoms with E-state index in [9.17, 15) is 9.90 Å². The number of urea groups is 1. The third-order valence-electron chi connectivity index (χ3n) is 2.80. The van der Waals surface area contributed by atoms with Crippen LogP contribution in [0.5, 0.6) is 0 Å². The molecule has 0 bridgehead atoms. The van der Waals surface area contributed by atoms with Gasteiger partial charge < -0.3 is 15.7 Å². The number of hydrogen-bond donors (Lipinski definition) is 3. The lowest BCUT2D eigenvalue weighted by molar-refractivity contribution is 0.199. The van der Waals surface area contributed by atoms with Crippen LogP contribution in [0.25, 0.3) is 0 Å². The molecule has 0 spiro atoms. The van der Waals surface area contributed by atoms with Crippen LogP contribution in [0.4, 0.5) is 16.2 Å². The van der Waals surface area contributed by atoms with Crippen molar-refractivity contribution in [1.29, 1.82) is 0 Å². The van der Waals surface area contributed by atoms with Gasteiger partial charge in [-0.3, -0.25) is 0 Å². The number of rotatable bonds is 3. The predicted octanol–water partition coefficient (Wildman–Crippen LogP) is 4.80. The van der Waals surface area contributed by atoms with Gasteiger partial charge in [0.25, 0.3) is 0 Å². The fourth-order valence-corrected chi connectivity index (χ4v) is 2.24.